The monoisotopic (exact) mass is 212 g/mol. The number of quaternary nitrogens is 1. The van der Waals surface area contributed by atoms with E-state index in [-0.39, 0.29) is 0 Å². The molecule has 0 spiro atoms. The van der Waals surface area contributed by atoms with Gasteiger partial charge in [0.2, 0.25) is 0 Å². The van der Waals surface area contributed by atoms with E-state index in [0.717, 1.165) is 21.4 Å². The van der Waals surface area contributed by atoms with Gasteiger partial charge >= 0.3 is 0 Å². The Kier molecular flexibility index (Phi) is 2.75. The van der Waals surface area contributed by atoms with E-state index in [0.29, 0.717) is 0 Å². The summed E-state index contributed by atoms with van der Waals surface area (Å²) in [5.41, 5.74) is 3.30. The minimum absolute atomic E-state index is 0.765. The van der Waals surface area contributed by atoms with Crippen LogP contribution in [-0.4, -0.2) is 26.1 Å². The average Bonchev–Trinajstić information content (AvgIpc) is 2.29. The zero-order valence-corrected chi connectivity index (χ0v) is 9.94. The predicted octanol–water partition coefficient (Wildman–Crippen LogP) is 2.75. The molecule has 0 amide bonds. The highest BCUT2D eigenvalue weighted by Gasteiger charge is 2.13. The number of rotatable bonds is 2. The van der Waals surface area contributed by atoms with Crippen LogP contribution in [-0.2, 0) is 0 Å². The van der Waals surface area contributed by atoms with Gasteiger partial charge in [0.1, 0.15) is 5.69 Å². The van der Waals surface area contributed by atoms with Crippen molar-refractivity contribution in [3.63, 3.8) is 0 Å². The van der Waals surface area contributed by atoms with Crippen molar-refractivity contribution in [3.05, 3.63) is 48.7 Å². The van der Waals surface area contributed by atoms with Crippen molar-refractivity contribution in [2.24, 2.45) is 0 Å². The van der Waals surface area contributed by atoms with Gasteiger partial charge in [-0.2, -0.15) is 0 Å². The molecule has 2 aromatic rings. The summed E-state index contributed by atoms with van der Waals surface area (Å²) in [5, 5.41) is 0. The van der Waals surface area contributed by atoms with E-state index in [1.807, 2.05) is 36.5 Å². The molecule has 0 fully saturated rings. The maximum absolute atomic E-state index is 4.35. The van der Waals surface area contributed by atoms with Crippen LogP contribution in [0, 0.1) is 6.07 Å². The smallest absolute Gasteiger partial charge is 0.141 e. The summed E-state index contributed by atoms with van der Waals surface area (Å²) in [6, 6.07) is 15.4. The van der Waals surface area contributed by atoms with Crippen molar-refractivity contribution in [3.8, 4) is 11.3 Å². The molecular formula is C14H16N2+. The van der Waals surface area contributed by atoms with Crippen LogP contribution in [0.4, 0.5) is 5.69 Å². The lowest BCUT2D eigenvalue weighted by atomic mass is 10.1. The second-order valence-corrected chi connectivity index (χ2v) is 4.69. The average molecular weight is 212 g/mol. The summed E-state index contributed by atoms with van der Waals surface area (Å²) in [7, 11) is 6.40. The third kappa shape index (κ3) is 2.28. The Balaban J connectivity index is 2.45. The molecule has 2 heteroatoms. The Morgan fingerprint density at radius 2 is 1.94 bits per heavy atom. The van der Waals surface area contributed by atoms with Crippen LogP contribution in [0.1, 0.15) is 0 Å². The largest absolute Gasteiger partial charge is 0.298 e. The van der Waals surface area contributed by atoms with E-state index >= 15 is 0 Å². The fourth-order valence-corrected chi connectivity index (χ4v) is 1.53. The van der Waals surface area contributed by atoms with Crippen molar-refractivity contribution in [1.82, 2.24) is 9.47 Å². The first kappa shape index (κ1) is 10.8. The van der Waals surface area contributed by atoms with Gasteiger partial charge in [-0.3, -0.25) is 9.47 Å². The lowest BCUT2D eigenvalue weighted by Crippen LogP contribution is -2.34. The molecule has 0 aliphatic heterocycles. The fraction of sp³-hybridized carbons (Fsp3) is 0.214. The van der Waals surface area contributed by atoms with Gasteiger partial charge < -0.3 is 0 Å². The molecule has 81 valence electrons. The van der Waals surface area contributed by atoms with E-state index < -0.39 is 0 Å². The predicted molar refractivity (Wildman–Crippen MR) is 68.1 cm³/mol. The molecule has 0 unspecified atom stereocenters. The van der Waals surface area contributed by atoms with Crippen LogP contribution in [0.15, 0.2) is 42.6 Å². The Morgan fingerprint density at radius 1 is 1.12 bits per heavy atom. The number of benzene rings is 1. The molecule has 0 aliphatic carbocycles. The zero-order chi connectivity index (χ0) is 11.6. The summed E-state index contributed by atoms with van der Waals surface area (Å²) in [4.78, 5) is 4.35. The van der Waals surface area contributed by atoms with Gasteiger partial charge in [-0.15, -0.1) is 0 Å². The first-order valence-electron chi connectivity index (χ1n) is 5.32. The zero-order valence-electron chi connectivity index (χ0n) is 9.94. The lowest BCUT2D eigenvalue weighted by molar-refractivity contribution is 0.486. The Hall–Kier alpha value is -1.67. The van der Waals surface area contributed by atoms with Gasteiger partial charge in [-0.05, 0) is 18.2 Å². The molecule has 0 bridgehead atoms. The van der Waals surface area contributed by atoms with Crippen LogP contribution in [0.25, 0.3) is 11.3 Å². The Morgan fingerprint density at radius 3 is 2.56 bits per heavy atom. The summed E-state index contributed by atoms with van der Waals surface area (Å²) < 4.78 is 0.765. The van der Waals surface area contributed by atoms with Crippen molar-refractivity contribution >= 4 is 5.69 Å². The SMILES string of the molecule is C[N+](C)(C)c1[c]ccc(-c2ccccn2)c1. The third-order valence-electron chi connectivity index (χ3n) is 2.47. The summed E-state index contributed by atoms with van der Waals surface area (Å²) in [6.45, 7) is 0. The van der Waals surface area contributed by atoms with Crippen LogP contribution >= 0.6 is 0 Å². The normalized spacial score (nSPS) is 11.4. The number of hydrogen-bond acceptors (Lipinski definition) is 1. The minimum atomic E-state index is 0.765. The molecule has 0 aliphatic rings. The molecule has 1 aromatic carbocycles. The van der Waals surface area contributed by atoms with Crippen LogP contribution < -0.4 is 4.48 Å². The minimum Gasteiger partial charge on any atom is -0.298 e. The molecule has 1 heterocycles. The number of pyridine rings is 1. The molecule has 2 nitrogen and oxygen atoms in total. The topological polar surface area (TPSA) is 12.9 Å². The van der Waals surface area contributed by atoms with Crippen LogP contribution in [0.3, 0.4) is 0 Å². The van der Waals surface area contributed by atoms with E-state index in [1.54, 1.807) is 0 Å². The van der Waals surface area contributed by atoms with Gasteiger partial charge in [-0.25, -0.2) is 0 Å². The van der Waals surface area contributed by atoms with Crippen molar-refractivity contribution < 1.29 is 0 Å². The molecule has 1 radical (unpaired) electrons. The van der Waals surface area contributed by atoms with Gasteiger partial charge in [0, 0.05) is 23.9 Å². The molecule has 16 heavy (non-hydrogen) atoms. The number of hydrogen-bond donors (Lipinski definition) is 0. The Labute approximate surface area is 96.8 Å². The van der Waals surface area contributed by atoms with E-state index in [9.17, 15) is 0 Å². The summed E-state index contributed by atoms with van der Waals surface area (Å²) in [6.07, 6.45) is 1.82. The third-order valence-corrected chi connectivity index (χ3v) is 2.47. The quantitative estimate of drug-likeness (QED) is 0.697. The van der Waals surface area contributed by atoms with E-state index in [2.05, 4.69) is 38.3 Å². The highest BCUT2D eigenvalue weighted by molar-refractivity contribution is 5.63. The summed E-state index contributed by atoms with van der Waals surface area (Å²) >= 11 is 0. The van der Waals surface area contributed by atoms with E-state index in [1.165, 1.54) is 0 Å². The van der Waals surface area contributed by atoms with Gasteiger partial charge in [0.25, 0.3) is 0 Å². The second kappa shape index (κ2) is 4.06. The molecular weight excluding hydrogens is 196 g/mol. The summed E-state index contributed by atoms with van der Waals surface area (Å²) in [5.74, 6) is 0. The molecule has 0 saturated carbocycles. The van der Waals surface area contributed by atoms with Gasteiger partial charge in [-0.1, -0.05) is 12.1 Å². The van der Waals surface area contributed by atoms with Gasteiger partial charge in [0.15, 0.2) is 0 Å². The molecule has 1 aromatic heterocycles. The maximum atomic E-state index is 4.35. The number of nitrogens with zero attached hydrogens (tertiary/aromatic N) is 2. The maximum Gasteiger partial charge on any atom is 0.141 e. The van der Waals surface area contributed by atoms with Crippen LogP contribution in [0.5, 0.6) is 0 Å². The van der Waals surface area contributed by atoms with Gasteiger partial charge in [0.05, 0.1) is 26.8 Å². The molecule has 0 atom stereocenters. The standard InChI is InChI=1S/C14H16N2/c1-16(2,3)13-8-6-7-12(11-13)14-9-4-5-10-15-14/h4-7,9-11H,1-3H3/q+1. The first-order chi connectivity index (χ1) is 7.57. The highest BCUT2D eigenvalue weighted by Crippen LogP contribution is 2.23. The van der Waals surface area contributed by atoms with Crippen molar-refractivity contribution in [1.29, 1.82) is 0 Å². The fourth-order valence-electron chi connectivity index (χ4n) is 1.53. The molecule has 2 rings (SSSR count). The molecule has 0 saturated heterocycles. The Bertz CT molecular complexity index is 470. The molecule has 0 N–H and O–H groups in total. The number of aromatic nitrogens is 1. The second-order valence-electron chi connectivity index (χ2n) is 4.69. The highest BCUT2D eigenvalue weighted by atomic mass is 15.3. The van der Waals surface area contributed by atoms with E-state index in [4.69, 9.17) is 0 Å². The lowest BCUT2D eigenvalue weighted by Gasteiger charge is -2.23. The van der Waals surface area contributed by atoms with Crippen molar-refractivity contribution in [2.45, 2.75) is 0 Å². The first-order valence-corrected chi connectivity index (χ1v) is 5.32. The van der Waals surface area contributed by atoms with Crippen LogP contribution in [0.2, 0.25) is 0 Å². The van der Waals surface area contributed by atoms with Crippen molar-refractivity contribution in [2.75, 3.05) is 21.1 Å².